The normalized spacial score (nSPS) is 14.0. The molecule has 1 N–H and O–H groups in total. The van der Waals surface area contributed by atoms with Gasteiger partial charge in [0.2, 0.25) is 0 Å². The summed E-state index contributed by atoms with van der Waals surface area (Å²) in [6, 6.07) is 0. The third-order valence-corrected chi connectivity index (χ3v) is 2.05. The smallest absolute Gasteiger partial charge is 0.347 e. The van der Waals surface area contributed by atoms with Crippen LogP contribution in [0.4, 0.5) is 0 Å². The number of hydrogen-bond donors (Lipinski definition) is 1. The lowest BCUT2D eigenvalue weighted by molar-refractivity contribution is -0.170. The summed E-state index contributed by atoms with van der Waals surface area (Å²) in [4.78, 5) is 22.4. The van der Waals surface area contributed by atoms with Gasteiger partial charge < -0.3 is 14.6 Å². The zero-order chi connectivity index (χ0) is 12.7. The van der Waals surface area contributed by atoms with E-state index < -0.39 is 18.2 Å². The van der Waals surface area contributed by atoms with Crippen LogP contribution in [-0.4, -0.2) is 29.9 Å². The zero-order valence-electron chi connectivity index (χ0n) is 10.1. The maximum Gasteiger partial charge on any atom is 0.347 e. The molecule has 0 aliphatic heterocycles. The van der Waals surface area contributed by atoms with E-state index in [9.17, 15) is 9.59 Å². The predicted molar refractivity (Wildman–Crippen MR) is 57.8 cm³/mol. The van der Waals surface area contributed by atoms with Crippen LogP contribution in [-0.2, 0) is 19.1 Å². The van der Waals surface area contributed by atoms with Gasteiger partial charge in [-0.2, -0.15) is 0 Å². The SMILES string of the molecule is CCOC(C)OC(=O)C(C(=O)O)=C(C)CC. The van der Waals surface area contributed by atoms with E-state index in [1.54, 1.807) is 27.7 Å². The quantitative estimate of drug-likeness (QED) is 0.247. The molecule has 5 heteroatoms. The minimum absolute atomic E-state index is 0.311. The Morgan fingerprint density at radius 3 is 2.25 bits per heavy atom. The van der Waals surface area contributed by atoms with E-state index in [4.69, 9.17) is 14.6 Å². The zero-order valence-corrected chi connectivity index (χ0v) is 10.1. The first-order valence-electron chi connectivity index (χ1n) is 5.19. The third kappa shape index (κ3) is 4.44. The molecule has 1 atom stereocenters. The highest BCUT2D eigenvalue weighted by Gasteiger charge is 2.23. The monoisotopic (exact) mass is 230 g/mol. The average Bonchev–Trinajstić information content (AvgIpc) is 2.17. The number of esters is 1. The highest BCUT2D eigenvalue weighted by atomic mass is 16.7. The largest absolute Gasteiger partial charge is 0.477 e. The minimum atomic E-state index is -1.27. The van der Waals surface area contributed by atoms with Gasteiger partial charge in [0, 0.05) is 6.61 Å². The van der Waals surface area contributed by atoms with Gasteiger partial charge in [-0.1, -0.05) is 12.5 Å². The van der Waals surface area contributed by atoms with E-state index in [0.29, 0.717) is 18.6 Å². The highest BCUT2D eigenvalue weighted by Crippen LogP contribution is 2.11. The fraction of sp³-hybridized carbons (Fsp3) is 0.636. The molecule has 0 radical (unpaired) electrons. The van der Waals surface area contributed by atoms with Crippen molar-refractivity contribution in [3.8, 4) is 0 Å². The van der Waals surface area contributed by atoms with Crippen LogP contribution in [0, 0.1) is 0 Å². The van der Waals surface area contributed by atoms with Gasteiger partial charge in [-0.15, -0.1) is 0 Å². The van der Waals surface area contributed by atoms with Crippen LogP contribution < -0.4 is 0 Å². The Bertz CT molecular complexity index is 293. The molecule has 0 aromatic carbocycles. The van der Waals surface area contributed by atoms with Gasteiger partial charge in [-0.25, -0.2) is 9.59 Å². The van der Waals surface area contributed by atoms with Crippen molar-refractivity contribution >= 4 is 11.9 Å². The Morgan fingerprint density at radius 2 is 1.88 bits per heavy atom. The first-order valence-corrected chi connectivity index (χ1v) is 5.19. The fourth-order valence-corrected chi connectivity index (χ4v) is 1.10. The second-order valence-corrected chi connectivity index (χ2v) is 3.24. The second kappa shape index (κ2) is 7.00. The molecule has 0 amide bonds. The van der Waals surface area contributed by atoms with Crippen molar-refractivity contribution in [3.63, 3.8) is 0 Å². The summed E-state index contributed by atoms with van der Waals surface area (Å²) in [5, 5.41) is 8.89. The van der Waals surface area contributed by atoms with E-state index >= 15 is 0 Å². The number of allylic oxidation sites excluding steroid dienone is 1. The van der Waals surface area contributed by atoms with E-state index in [1.807, 2.05) is 0 Å². The molecule has 16 heavy (non-hydrogen) atoms. The van der Waals surface area contributed by atoms with E-state index in [0.717, 1.165) is 0 Å². The Labute approximate surface area is 95.0 Å². The van der Waals surface area contributed by atoms with Crippen LogP contribution in [0.25, 0.3) is 0 Å². The van der Waals surface area contributed by atoms with Crippen molar-refractivity contribution in [2.24, 2.45) is 0 Å². The van der Waals surface area contributed by atoms with Crippen LogP contribution in [0.15, 0.2) is 11.1 Å². The molecular weight excluding hydrogens is 212 g/mol. The minimum Gasteiger partial charge on any atom is -0.477 e. The van der Waals surface area contributed by atoms with Crippen molar-refractivity contribution in [1.29, 1.82) is 0 Å². The van der Waals surface area contributed by atoms with Gasteiger partial charge in [-0.05, 0) is 27.2 Å². The Morgan fingerprint density at radius 1 is 1.31 bits per heavy atom. The lowest BCUT2D eigenvalue weighted by atomic mass is 10.1. The summed E-state index contributed by atoms with van der Waals surface area (Å²) < 4.78 is 9.83. The Hall–Kier alpha value is -1.36. The molecule has 0 aliphatic carbocycles. The Balaban J connectivity index is 4.72. The molecular formula is C11H18O5. The molecule has 5 nitrogen and oxygen atoms in total. The molecule has 0 fully saturated rings. The summed E-state index contributed by atoms with van der Waals surface area (Å²) in [5.74, 6) is -2.12. The summed E-state index contributed by atoms with van der Waals surface area (Å²) in [5.41, 5.74) is 0.176. The Kier molecular flexibility index (Phi) is 6.41. The first-order chi connectivity index (χ1) is 7.43. The first kappa shape index (κ1) is 14.6. The number of carbonyl (C=O) groups is 2. The van der Waals surface area contributed by atoms with Crippen molar-refractivity contribution in [3.05, 3.63) is 11.1 Å². The number of rotatable bonds is 6. The van der Waals surface area contributed by atoms with E-state index in [-0.39, 0.29) is 5.57 Å². The molecule has 0 saturated carbocycles. The fourth-order valence-electron chi connectivity index (χ4n) is 1.10. The lowest BCUT2D eigenvalue weighted by Crippen LogP contribution is -2.23. The van der Waals surface area contributed by atoms with Crippen molar-refractivity contribution < 1.29 is 24.2 Å². The maximum absolute atomic E-state index is 11.5. The van der Waals surface area contributed by atoms with E-state index in [1.165, 1.54) is 0 Å². The average molecular weight is 230 g/mol. The molecule has 92 valence electrons. The molecule has 0 saturated heterocycles. The molecule has 0 aromatic heterocycles. The number of aliphatic carboxylic acids is 1. The number of hydrogen-bond acceptors (Lipinski definition) is 4. The molecule has 1 unspecified atom stereocenters. The maximum atomic E-state index is 11.5. The van der Waals surface area contributed by atoms with Crippen LogP contribution in [0.5, 0.6) is 0 Å². The van der Waals surface area contributed by atoms with Crippen LogP contribution >= 0.6 is 0 Å². The van der Waals surface area contributed by atoms with Gasteiger partial charge in [0.15, 0.2) is 6.29 Å². The van der Waals surface area contributed by atoms with Crippen LogP contribution in [0.2, 0.25) is 0 Å². The number of carbonyl (C=O) groups excluding carboxylic acids is 1. The van der Waals surface area contributed by atoms with Crippen LogP contribution in [0.3, 0.4) is 0 Å². The number of carboxylic acid groups (broad SMARTS) is 1. The van der Waals surface area contributed by atoms with Gasteiger partial charge in [-0.3, -0.25) is 0 Å². The van der Waals surface area contributed by atoms with Gasteiger partial charge in [0.25, 0.3) is 0 Å². The molecule has 0 rings (SSSR count). The summed E-state index contributed by atoms with van der Waals surface area (Å²) >= 11 is 0. The predicted octanol–water partition coefficient (Wildman–Crippen LogP) is 1.72. The van der Waals surface area contributed by atoms with Crippen molar-refractivity contribution in [1.82, 2.24) is 0 Å². The molecule has 0 bridgehead atoms. The molecule has 0 heterocycles. The number of ether oxygens (including phenoxy) is 2. The van der Waals surface area contributed by atoms with Gasteiger partial charge in [0.05, 0.1) is 0 Å². The standard InChI is InChI=1S/C11H18O5/c1-5-7(3)9(10(12)13)11(14)16-8(4)15-6-2/h8H,5-6H2,1-4H3,(H,12,13). The van der Waals surface area contributed by atoms with Crippen molar-refractivity contribution in [2.75, 3.05) is 6.61 Å². The van der Waals surface area contributed by atoms with Gasteiger partial charge >= 0.3 is 11.9 Å². The molecule has 0 aromatic rings. The molecule has 0 spiro atoms. The summed E-state index contributed by atoms with van der Waals surface area (Å²) in [7, 11) is 0. The van der Waals surface area contributed by atoms with Crippen LogP contribution in [0.1, 0.15) is 34.1 Å². The second-order valence-electron chi connectivity index (χ2n) is 3.24. The highest BCUT2D eigenvalue weighted by molar-refractivity contribution is 6.13. The van der Waals surface area contributed by atoms with E-state index in [2.05, 4.69) is 0 Å². The lowest BCUT2D eigenvalue weighted by Gasteiger charge is -2.13. The van der Waals surface area contributed by atoms with Gasteiger partial charge in [0.1, 0.15) is 5.57 Å². The molecule has 0 aliphatic rings. The topological polar surface area (TPSA) is 72.8 Å². The van der Waals surface area contributed by atoms with Crippen molar-refractivity contribution in [2.45, 2.75) is 40.4 Å². The number of carboxylic acids is 1. The third-order valence-electron chi connectivity index (χ3n) is 2.05. The summed E-state index contributed by atoms with van der Waals surface area (Å²) in [6.45, 7) is 7.07. The summed E-state index contributed by atoms with van der Waals surface area (Å²) in [6.07, 6.45) is -0.253.